The molecule has 0 unspecified atom stereocenters. The minimum Gasteiger partial charge on any atom is -0.494 e. The van der Waals surface area contributed by atoms with Gasteiger partial charge in [0.1, 0.15) is 0 Å². The molecule has 2 aromatic heterocycles. The lowest BCUT2D eigenvalue weighted by Gasteiger charge is -2.05. The predicted molar refractivity (Wildman–Crippen MR) is 91.1 cm³/mol. The van der Waals surface area contributed by atoms with Crippen LogP contribution in [0.3, 0.4) is 0 Å². The summed E-state index contributed by atoms with van der Waals surface area (Å²) >= 11 is 0. The van der Waals surface area contributed by atoms with Crippen molar-refractivity contribution < 1.29 is 9.90 Å². The lowest BCUT2D eigenvalue weighted by atomic mass is 10.2. The molecule has 2 heterocycles. The van der Waals surface area contributed by atoms with Gasteiger partial charge < -0.3 is 15.4 Å². The number of aromatic nitrogens is 2. The molecule has 0 fully saturated rings. The second-order valence-electron chi connectivity index (χ2n) is 5.56. The van der Waals surface area contributed by atoms with Crippen molar-refractivity contribution in [2.75, 3.05) is 5.32 Å². The Morgan fingerprint density at radius 1 is 1.13 bits per heavy atom. The molecule has 0 bridgehead atoms. The molecule has 4 aromatic rings. The molecule has 0 saturated heterocycles. The Morgan fingerprint density at radius 2 is 1.96 bits per heavy atom. The molecule has 0 aliphatic carbocycles. The molecule has 23 heavy (non-hydrogen) atoms. The average Bonchev–Trinajstić information content (AvgIpc) is 3.11. The number of benzene rings is 2. The summed E-state index contributed by atoms with van der Waals surface area (Å²) in [4.78, 5) is 14.3. The molecular weight excluding hydrogens is 290 g/mol. The number of carbonyl (C=O) groups excluding carboxylic acids is 1. The number of amides is 1. The van der Waals surface area contributed by atoms with Crippen LogP contribution in [0.25, 0.3) is 27.4 Å². The van der Waals surface area contributed by atoms with Crippen molar-refractivity contribution in [3.8, 4) is 11.6 Å². The maximum Gasteiger partial charge on any atom is 0.221 e. The topological polar surface area (TPSA) is 70.0 Å². The van der Waals surface area contributed by atoms with Crippen LogP contribution in [0.15, 0.2) is 54.9 Å². The van der Waals surface area contributed by atoms with Crippen LogP contribution < -0.4 is 5.32 Å². The number of nitrogens with one attached hydrogen (secondary N) is 2. The average molecular weight is 305 g/mol. The molecule has 0 spiro atoms. The van der Waals surface area contributed by atoms with Crippen LogP contribution in [0, 0.1) is 0 Å². The second kappa shape index (κ2) is 4.91. The van der Waals surface area contributed by atoms with Crippen molar-refractivity contribution in [2.24, 2.45) is 0 Å². The highest BCUT2D eigenvalue weighted by molar-refractivity contribution is 5.96. The van der Waals surface area contributed by atoms with Gasteiger partial charge in [-0.05, 0) is 35.7 Å². The van der Waals surface area contributed by atoms with Crippen LogP contribution in [-0.4, -0.2) is 20.6 Å². The first-order valence-electron chi connectivity index (χ1n) is 7.31. The van der Waals surface area contributed by atoms with Gasteiger partial charge in [-0.25, -0.2) is 0 Å². The van der Waals surface area contributed by atoms with Crippen molar-refractivity contribution in [1.82, 2.24) is 9.55 Å². The predicted octanol–water partition coefficient (Wildman–Crippen LogP) is 3.78. The number of nitrogens with zero attached hydrogens (tertiary/aromatic N) is 1. The summed E-state index contributed by atoms with van der Waals surface area (Å²) in [7, 11) is 0. The van der Waals surface area contributed by atoms with Crippen LogP contribution >= 0.6 is 0 Å². The molecule has 114 valence electrons. The highest BCUT2D eigenvalue weighted by atomic mass is 16.3. The Kier molecular flexibility index (Phi) is 2.87. The summed E-state index contributed by atoms with van der Waals surface area (Å²) in [6.07, 6.45) is 3.77. The highest BCUT2D eigenvalue weighted by Crippen LogP contribution is 2.32. The van der Waals surface area contributed by atoms with Crippen molar-refractivity contribution in [2.45, 2.75) is 6.92 Å². The Bertz CT molecular complexity index is 1040. The van der Waals surface area contributed by atoms with E-state index in [-0.39, 0.29) is 11.8 Å². The van der Waals surface area contributed by atoms with Crippen molar-refractivity contribution in [3.63, 3.8) is 0 Å². The molecule has 0 aliphatic rings. The fourth-order valence-electron chi connectivity index (χ4n) is 2.86. The number of anilines is 1. The van der Waals surface area contributed by atoms with E-state index in [1.807, 2.05) is 48.8 Å². The number of H-pyrrole nitrogens is 1. The van der Waals surface area contributed by atoms with E-state index in [4.69, 9.17) is 0 Å². The summed E-state index contributed by atoms with van der Waals surface area (Å²) in [6.45, 7) is 1.46. The Balaban J connectivity index is 1.86. The summed E-state index contributed by atoms with van der Waals surface area (Å²) in [6, 6.07) is 13.4. The van der Waals surface area contributed by atoms with Gasteiger partial charge in [-0.2, -0.15) is 0 Å². The molecule has 0 atom stereocenters. The SMILES string of the molecule is CC(=O)Nc1ccc2cn(-c3ccc4cc[nH]c4c3)c(O)c2c1. The smallest absolute Gasteiger partial charge is 0.221 e. The van der Waals surface area contributed by atoms with Gasteiger partial charge in [0.2, 0.25) is 11.8 Å². The highest BCUT2D eigenvalue weighted by Gasteiger charge is 2.11. The van der Waals surface area contributed by atoms with Crippen molar-refractivity contribution in [1.29, 1.82) is 0 Å². The molecule has 0 aliphatic heterocycles. The lowest BCUT2D eigenvalue weighted by molar-refractivity contribution is -0.114. The quantitative estimate of drug-likeness (QED) is 0.527. The number of fused-ring (bicyclic) bond motifs is 2. The van der Waals surface area contributed by atoms with E-state index in [2.05, 4.69) is 10.3 Å². The minimum atomic E-state index is -0.138. The third-order valence-corrected chi connectivity index (χ3v) is 3.93. The van der Waals surface area contributed by atoms with E-state index < -0.39 is 0 Å². The molecular formula is C18H15N3O2. The van der Waals surface area contributed by atoms with Crippen LogP contribution in [0.2, 0.25) is 0 Å². The van der Waals surface area contributed by atoms with Crippen LogP contribution in [-0.2, 0) is 4.79 Å². The van der Waals surface area contributed by atoms with Gasteiger partial charge in [0.15, 0.2) is 0 Å². The normalized spacial score (nSPS) is 11.2. The van der Waals surface area contributed by atoms with Crippen molar-refractivity contribution in [3.05, 3.63) is 54.9 Å². The number of rotatable bonds is 2. The Morgan fingerprint density at radius 3 is 2.78 bits per heavy atom. The number of hydrogen-bond donors (Lipinski definition) is 3. The monoisotopic (exact) mass is 305 g/mol. The zero-order valence-electron chi connectivity index (χ0n) is 12.5. The van der Waals surface area contributed by atoms with Crippen molar-refractivity contribution >= 4 is 33.3 Å². The number of hydrogen-bond acceptors (Lipinski definition) is 2. The maximum absolute atomic E-state index is 11.2. The van der Waals surface area contributed by atoms with Gasteiger partial charge in [-0.1, -0.05) is 12.1 Å². The molecule has 2 aromatic carbocycles. The minimum absolute atomic E-state index is 0.138. The molecule has 5 nitrogen and oxygen atoms in total. The zero-order valence-corrected chi connectivity index (χ0v) is 12.5. The molecule has 3 N–H and O–H groups in total. The number of aromatic amines is 1. The zero-order chi connectivity index (χ0) is 16.0. The van der Waals surface area contributed by atoms with Crippen LogP contribution in [0.1, 0.15) is 6.92 Å². The third kappa shape index (κ3) is 2.23. The molecule has 0 radical (unpaired) electrons. The van der Waals surface area contributed by atoms with E-state index >= 15 is 0 Å². The van der Waals surface area contributed by atoms with E-state index in [9.17, 15) is 9.90 Å². The van der Waals surface area contributed by atoms with E-state index in [1.54, 1.807) is 10.6 Å². The Hall–Kier alpha value is -3.21. The summed E-state index contributed by atoms with van der Waals surface area (Å²) in [5.41, 5.74) is 2.55. The fraction of sp³-hybridized carbons (Fsp3) is 0.0556. The number of carbonyl (C=O) groups is 1. The van der Waals surface area contributed by atoms with Gasteiger partial charge in [0.25, 0.3) is 0 Å². The first kappa shape index (κ1) is 13.5. The van der Waals surface area contributed by atoms with Gasteiger partial charge >= 0.3 is 0 Å². The molecule has 0 saturated carbocycles. The van der Waals surface area contributed by atoms with E-state index in [0.29, 0.717) is 11.1 Å². The summed E-state index contributed by atoms with van der Waals surface area (Å²) in [5.74, 6) is 0.0126. The third-order valence-electron chi connectivity index (χ3n) is 3.93. The molecule has 5 heteroatoms. The first-order valence-corrected chi connectivity index (χ1v) is 7.31. The maximum atomic E-state index is 11.2. The number of aromatic hydroxyl groups is 1. The molecule has 1 amide bonds. The lowest BCUT2D eigenvalue weighted by Crippen LogP contribution is -2.05. The van der Waals surface area contributed by atoms with Gasteiger partial charge in [0, 0.05) is 41.3 Å². The van der Waals surface area contributed by atoms with E-state index in [1.165, 1.54) is 6.92 Å². The van der Waals surface area contributed by atoms with Crippen LogP contribution in [0.5, 0.6) is 5.88 Å². The molecule has 4 rings (SSSR count). The fourth-order valence-corrected chi connectivity index (χ4v) is 2.86. The standard InChI is InChI=1S/C18H15N3O2/c1-11(22)20-14-4-2-13-10-21(18(23)16(13)8-14)15-5-3-12-6-7-19-17(12)9-15/h2-10,19,23H,1H3,(H,20,22). The van der Waals surface area contributed by atoms with E-state index in [0.717, 1.165) is 22.0 Å². The Labute approximate surface area is 132 Å². The second-order valence-corrected chi connectivity index (χ2v) is 5.56. The van der Waals surface area contributed by atoms with Gasteiger partial charge in [-0.3, -0.25) is 9.36 Å². The summed E-state index contributed by atoms with van der Waals surface area (Å²) < 4.78 is 1.74. The van der Waals surface area contributed by atoms with Gasteiger partial charge in [0.05, 0.1) is 5.69 Å². The van der Waals surface area contributed by atoms with Crippen LogP contribution in [0.4, 0.5) is 5.69 Å². The first-order chi connectivity index (χ1) is 11.1. The van der Waals surface area contributed by atoms with Gasteiger partial charge in [-0.15, -0.1) is 0 Å². The largest absolute Gasteiger partial charge is 0.494 e. The summed E-state index contributed by atoms with van der Waals surface area (Å²) in [5, 5.41) is 16.0.